The third-order valence-electron chi connectivity index (χ3n) is 5.33. The van der Waals surface area contributed by atoms with E-state index in [0.717, 1.165) is 38.5 Å². The van der Waals surface area contributed by atoms with Crippen LogP contribution in [0.5, 0.6) is 0 Å². The molecule has 0 spiro atoms. The Morgan fingerprint density at radius 3 is 2.48 bits per heavy atom. The van der Waals surface area contributed by atoms with Crippen LogP contribution in [-0.4, -0.2) is 19.5 Å². The molecule has 0 aliphatic heterocycles. The predicted octanol–water partition coefficient (Wildman–Crippen LogP) is 5.74. The summed E-state index contributed by atoms with van der Waals surface area (Å²) >= 11 is 1.59. The summed E-state index contributed by atoms with van der Waals surface area (Å²) in [5, 5.41) is 6.64. The molecule has 0 aliphatic carbocycles. The van der Waals surface area contributed by atoms with Crippen molar-refractivity contribution in [2.24, 2.45) is 7.05 Å². The van der Waals surface area contributed by atoms with E-state index < -0.39 is 0 Å². The fourth-order valence-electron chi connectivity index (χ4n) is 3.67. The molecule has 5 rings (SSSR count). The number of imidazole rings is 1. The van der Waals surface area contributed by atoms with Gasteiger partial charge in [0, 0.05) is 30.4 Å². The van der Waals surface area contributed by atoms with Crippen LogP contribution in [0.2, 0.25) is 0 Å². The molecule has 0 bridgehead atoms. The van der Waals surface area contributed by atoms with E-state index in [4.69, 9.17) is 0 Å². The number of hydrogen-bond acceptors (Lipinski definition) is 5. The van der Waals surface area contributed by atoms with E-state index in [1.165, 1.54) is 17.7 Å². The zero-order chi connectivity index (χ0) is 21.4. The van der Waals surface area contributed by atoms with Crippen LogP contribution in [0.1, 0.15) is 23.0 Å². The molecule has 5 nitrogen and oxygen atoms in total. The molecule has 3 heterocycles. The number of anilines is 1. The molecular weight excluding hydrogens is 409 g/mol. The molecule has 0 radical (unpaired) electrons. The van der Waals surface area contributed by atoms with Gasteiger partial charge in [-0.25, -0.2) is 19.3 Å². The highest BCUT2D eigenvalue weighted by atomic mass is 32.1. The Kier molecular flexibility index (Phi) is 4.95. The summed E-state index contributed by atoms with van der Waals surface area (Å²) in [6.07, 6.45) is 5.22. The van der Waals surface area contributed by atoms with Gasteiger partial charge in [-0.05, 0) is 30.2 Å². The van der Waals surface area contributed by atoms with E-state index in [1.54, 1.807) is 36.0 Å². The van der Waals surface area contributed by atoms with Crippen molar-refractivity contribution in [3.05, 3.63) is 95.4 Å². The van der Waals surface area contributed by atoms with E-state index >= 15 is 0 Å². The molecule has 154 valence electrons. The van der Waals surface area contributed by atoms with E-state index in [2.05, 4.69) is 56.8 Å². The SMILES string of the molecule is Cc1ccc(-c2csc3ncnc(NC(c4ccc(F)cc4)c4nccn4C)c23)cc1. The highest BCUT2D eigenvalue weighted by molar-refractivity contribution is 7.17. The summed E-state index contributed by atoms with van der Waals surface area (Å²) < 4.78 is 15.5. The first-order chi connectivity index (χ1) is 15.1. The molecule has 1 unspecified atom stereocenters. The van der Waals surface area contributed by atoms with Crippen molar-refractivity contribution in [3.8, 4) is 11.1 Å². The smallest absolute Gasteiger partial charge is 0.139 e. The van der Waals surface area contributed by atoms with E-state index in [9.17, 15) is 4.39 Å². The number of nitrogens with zero attached hydrogens (tertiary/aromatic N) is 4. The minimum absolute atomic E-state index is 0.272. The van der Waals surface area contributed by atoms with Crippen molar-refractivity contribution in [1.29, 1.82) is 0 Å². The van der Waals surface area contributed by atoms with Gasteiger partial charge in [0.1, 0.15) is 34.7 Å². The fraction of sp³-hybridized carbons (Fsp3) is 0.125. The average Bonchev–Trinajstić information content (AvgIpc) is 3.40. The van der Waals surface area contributed by atoms with Crippen LogP contribution in [0.25, 0.3) is 21.3 Å². The van der Waals surface area contributed by atoms with Gasteiger partial charge in [-0.2, -0.15) is 0 Å². The second kappa shape index (κ2) is 7.92. The zero-order valence-electron chi connectivity index (χ0n) is 17.1. The van der Waals surface area contributed by atoms with E-state index in [0.29, 0.717) is 0 Å². The van der Waals surface area contributed by atoms with Gasteiger partial charge in [0.25, 0.3) is 0 Å². The van der Waals surface area contributed by atoms with Gasteiger partial charge < -0.3 is 9.88 Å². The Balaban J connectivity index is 1.63. The molecule has 1 N–H and O–H groups in total. The third-order valence-corrected chi connectivity index (χ3v) is 6.22. The number of hydrogen-bond donors (Lipinski definition) is 1. The Morgan fingerprint density at radius 1 is 1.00 bits per heavy atom. The Labute approximate surface area is 183 Å². The van der Waals surface area contributed by atoms with Crippen LogP contribution >= 0.6 is 11.3 Å². The van der Waals surface area contributed by atoms with Crippen LogP contribution in [0.15, 0.2) is 72.6 Å². The lowest BCUT2D eigenvalue weighted by atomic mass is 10.0. The molecule has 0 aliphatic rings. The summed E-state index contributed by atoms with van der Waals surface area (Å²) in [7, 11) is 1.94. The summed E-state index contributed by atoms with van der Waals surface area (Å²) in [5.41, 5.74) is 4.31. The lowest BCUT2D eigenvalue weighted by Gasteiger charge is -2.20. The second-order valence-corrected chi connectivity index (χ2v) is 8.30. The summed E-state index contributed by atoms with van der Waals surface area (Å²) in [5.74, 6) is 1.26. The van der Waals surface area contributed by atoms with Gasteiger partial charge >= 0.3 is 0 Å². The monoisotopic (exact) mass is 429 g/mol. The molecule has 1 atom stereocenters. The van der Waals surface area contributed by atoms with Crippen molar-refractivity contribution >= 4 is 27.4 Å². The molecule has 5 aromatic rings. The van der Waals surface area contributed by atoms with Gasteiger partial charge in [0.2, 0.25) is 0 Å². The van der Waals surface area contributed by atoms with Crippen LogP contribution < -0.4 is 5.32 Å². The lowest BCUT2D eigenvalue weighted by Crippen LogP contribution is -2.17. The molecule has 2 aromatic carbocycles. The molecule has 0 amide bonds. The minimum Gasteiger partial charge on any atom is -0.356 e. The van der Waals surface area contributed by atoms with Gasteiger partial charge in [-0.3, -0.25) is 0 Å². The summed E-state index contributed by atoms with van der Waals surface area (Å²) in [6, 6.07) is 14.6. The number of thiophene rings is 1. The van der Waals surface area contributed by atoms with Crippen molar-refractivity contribution in [3.63, 3.8) is 0 Å². The van der Waals surface area contributed by atoms with Gasteiger partial charge in [0.05, 0.1) is 5.39 Å². The molecule has 0 saturated heterocycles. The molecular formula is C24H20FN5S. The first-order valence-electron chi connectivity index (χ1n) is 9.88. The normalized spacial score (nSPS) is 12.2. The molecule has 3 aromatic heterocycles. The Morgan fingerprint density at radius 2 is 1.77 bits per heavy atom. The van der Waals surface area contributed by atoms with Crippen molar-refractivity contribution in [2.45, 2.75) is 13.0 Å². The van der Waals surface area contributed by atoms with Crippen molar-refractivity contribution in [1.82, 2.24) is 19.5 Å². The quantitative estimate of drug-likeness (QED) is 0.387. The van der Waals surface area contributed by atoms with Gasteiger partial charge in [-0.1, -0.05) is 42.0 Å². The first kappa shape index (κ1) is 19.4. The number of fused-ring (bicyclic) bond motifs is 1. The van der Waals surface area contributed by atoms with Crippen LogP contribution in [0.3, 0.4) is 0 Å². The number of aryl methyl sites for hydroxylation is 2. The fourth-order valence-corrected chi connectivity index (χ4v) is 4.59. The molecule has 0 fully saturated rings. The Bertz CT molecular complexity index is 1340. The number of nitrogens with one attached hydrogen (secondary N) is 1. The number of halogens is 1. The maximum atomic E-state index is 13.6. The topological polar surface area (TPSA) is 55.6 Å². The zero-order valence-corrected chi connectivity index (χ0v) is 17.9. The number of benzene rings is 2. The van der Waals surface area contributed by atoms with Gasteiger partial charge in [-0.15, -0.1) is 11.3 Å². The van der Waals surface area contributed by atoms with Crippen LogP contribution in [-0.2, 0) is 7.05 Å². The van der Waals surface area contributed by atoms with Gasteiger partial charge in [0.15, 0.2) is 0 Å². The highest BCUT2D eigenvalue weighted by Gasteiger charge is 2.22. The lowest BCUT2D eigenvalue weighted by molar-refractivity contribution is 0.626. The minimum atomic E-state index is -0.301. The predicted molar refractivity (Wildman–Crippen MR) is 123 cm³/mol. The molecule has 0 saturated carbocycles. The van der Waals surface area contributed by atoms with E-state index in [1.807, 2.05) is 17.8 Å². The van der Waals surface area contributed by atoms with Crippen LogP contribution in [0.4, 0.5) is 10.2 Å². The van der Waals surface area contributed by atoms with E-state index in [-0.39, 0.29) is 11.9 Å². The third kappa shape index (κ3) is 3.68. The van der Waals surface area contributed by atoms with Crippen molar-refractivity contribution < 1.29 is 4.39 Å². The second-order valence-electron chi connectivity index (χ2n) is 7.44. The highest BCUT2D eigenvalue weighted by Crippen LogP contribution is 2.38. The Hall–Kier alpha value is -3.58. The largest absolute Gasteiger partial charge is 0.356 e. The number of aromatic nitrogens is 4. The number of rotatable bonds is 5. The maximum absolute atomic E-state index is 13.6. The maximum Gasteiger partial charge on any atom is 0.139 e. The summed E-state index contributed by atoms with van der Waals surface area (Å²) in [6.45, 7) is 2.08. The molecule has 7 heteroatoms. The summed E-state index contributed by atoms with van der Waals surface area (Å²) in [4.78, 5) is 14.5. The average molecular weight is 430 g/mol. The van der Waals surface area contributed by atoms with Crippen LogP contribution in [0, 0.1) is 12.7 Å². The van der Waals surface area contributed by atoms with Crippen molar-refractivity contribution in [2.75, 3.05) is 5.32 Å². The first-order valence-corrected chi connectivity index (χ1v) is 10.8. The standard InChI is InChI=1S/C24H20FN5S/c1-15-3-5-16(6-4-15)19-13-31-24-20(19)22(27-14-28-24)29-21(23-26-11-12-30(23)2)17-7-9-18(25)10-8-17/h3-14,21H,1-2H3,(H,27,28,29). The molecule has 31 heavy (non-hydrogen) atoms.